The first-order chi connectivity index (χ1) is 16.8. The Morgan fingerprint density at radius 1 is 0.914 bits per heavy atom. The minimum atomic E-state index is -4.08. The molecule has 7 nitrogen and oxygen atoms in total. The van der Waals surface area contributed by atoms with Crippen molar-refractivity contribution in [1.29, 1.82) is 0 Å². The molecule has 0 aliphatic carbocycles. The van der Waals surface area contributed by atoms with Gasteiger partial charge in [0.2, 0.25) is 11.8 Å². The summed E-state index contributed by atoms with van der Waals surface area (Å²) >= 11 is 0. The van der Waals surface area contributed by atoms with Gasteiger partial charge in [0.15, 0.2) is 0 Å². The second-order valence-electron chi connectivity index (χ2n) is 7.85. The standard InChI is InChI=1S/C26H28FN3O4S/c1-3-24(26(32)28-2)29(18-20-14-16-21(27)17-15-20)25(31)19-30(22-10-6-4-7-11-22)35(33,34)23-12-8-5-9-13-23/h4-17,24H,3,18-19H2,1-2H3,(H,28,32)/t24-/m0/s1. The number of likely N-dealkylation sites (N-methyl/N-ethyl adjacent to an activating group) is 1. The van der Waals surface area contributed by atoms with Crippen LogP contribution < -0.4 is 9.62 Å². The van der Waals surface area contributed by atoms with Crippen LogP contribution in [0.25, 0.3) is 0 Å². The van der Waals surface area contributed by atoms with Crippen molar-refractivity contribution < 1.29 is 22.4 Å². The first-order valence-electron chi connectivity index (χ1n) is 11.2. The maximum absolute atomic E-state index is 13.7. The molecular weight excluding hydrogens is 469 g/mol. The van der Waals surface area contributed by atoms with E-state index in [1.54, 1.807) is 55.5 Å². The zero-order chi connectivity index (χ0) is 25.4. The fraction of sp³-hybridized carbons (Fsp3) is 0.231. The van der Waals surface area contributed by atoms with Crippen LogP contribution in [-0.4, -0.2) is 44.8 Å². The molecule has 0 aliphatic rings. The molecule has 0 unspecified atom stereocenters. The maximum atomic E-state index is 13.7. The number of hydrogen-bond acceptors (Lipinski definition) is 4. The Morgan fingerprint density at radius 2 is 1.49 bits per heavy atom. The van der Waals surface area contributed by atoms with Gasteiger partial charge in [0.1, 0.15) is 18.4 Å². The topological polar surface area (TPSA) is 86.8 Å². The average molecular weight is 498 g/mol. The van der Waals surface area contributed by atoms with E-state index in [0.29, 0.717) is 17.7 Å². The highest BCUT2D eigenvalue weighted by molar-refractivity contribution is 7.92. The van der Waals surface area contributed by atoms with Gasteiger partial charge in [0, 0.05) is 13.6 Å². The Labute approximate surface area is 205 Å². The normalized spacial score (nSPS) is 12.0. The lowest BCUT2D eigenvalue weighted by molar-refractivity contribution is -0.140. The van der Waals surface area contributed by atoms with Gasteiger partial charge in [-0.3, -0.25) is 13.9 Å². The molecule has 0 saturated carbocycles. The second-order valence-corrected chi connectivity index (χ2v) is 9.71. The Balaban J connectivity index is 2.01. The number of nitrogens with one attached hydrogen (secondary N) is 1. The molecule has 0 spiro atoms. The molecule has 35 heavy (non-hydrogen) atoms. The van der Waals surface area contributed by atoms with E-state index >= 15 is 0 Å². The Hall–Kier alpha value is -3.72. The van der Waals surface area contributed by atoms with Crippen LogP contribution in [0, 0.1) is 5.82 Å². The third-order valence-electron chi connectivity index (χ3n) is 5.55. The molecule has 3 rings (SSSR count). The number of amides is 2. The molecule has 0 radical (unpaired) electrons. The lowest BCUT2D eigenvalue weighted by Gasteiger charge is -2.33. The summed E-state index contributed by atoms with van der Waals surface area (Å²) in [5.74, 6) is -1.36. The van der Waals surface area contributed by atoms with E-state index in [1.165, 1.54) is 48.3 Å². The number of carbonyl (C=O) groups excluding carboxylic acids is 2. The van der Waals surface area contributed by atoms with Gasteiger partial charge < -0.3 is 10.2 Å². The van der Waals surface area contributed by atoms with Crippen LogP contribution in [0.5, 0.6) is 0 Å². The minimum Gasteiger partial charge on any atom is -0.357 e. The van der Waals surface area contributed by atoms with E-state index in [1.807, 2.05) is 0 Å². The quantitative estimate of drug-likeness (QED) is 0.464. The molecule has 0 aromatic heterocycles. The zero-order valence-electron chi connectivity index (χ0n) is 19.6. The summed E-state index contributed by atoms with van der Waals surface area (Å²) in [5.41, 5.74) is 0.929. The summed E-state index contributed by atoms with van der Waals surface area (Å²) in [6.45, 7) is 1.26. The number of carbonyl (C=O) groups is 2. The molecule has 0 heterocycles. The van der Waals surface area contributed by atoms with Crippen LogP contribution in [0.15, 0.2) is 89.8 Å². The molecule has 0 fully saturated rings. The number of sulfonamides is 1. The minimum absolute atomic E-state index is 0.0130. The van der Waals surface area contributed by atoms with E-state index < -0.39 is 34.3 Å². The van der Waals surface area contributed by atoms with Gasteiger partial charge in [-0.2, -0.15) is 0 Å². The largest absolute Gasteiger partial charge is 0.357 e. The van der Waals surface area contributed by atoms with Crippen molar-refractivity contribution in [3.63, 3.8) is 0 Å². The average Bonchev–Trinajstić information content (AvgIpc) is 2.88. The third kappa shape index (κ3) is 6.24. The molecule has 1 atom stereocenters. The molecule has 2 amide bonds. The van der Waals surface area contributed by atoms with Gasteiger partial charge in [-0.1, -0.05) is 55.5 Å². The number of nitrogens with zero attached hydrogens (tertiary/aromatic N) is 2. The molecule has 184 valence electrons. The summed E-state index contributed by atoms with van der Waals surface area (Å²) in [5, 5.41) is 2.56. The summed E-state index contributed by atoms with van der Waals surface area (Å²) in [6.07, 6.45) is 0.309. The first kappa shape index (κ1) is 25.9. The number of anilines is 1. The van der Waals surface area contributed by atoms with Gasteiger partial charge in [0.05, 0.1) is 10.6 Å². The maximum Gasteiger partial charge on any atom is 0.264 e. The molecule has 3 aromatic carbocycles. The first-order valence-corrected chi connectivity index (χ1v) is 12.6. The van der Waals surface area contributed by atoms with Crippen molar-refractivity contribution in [3.05, 3.63) is 96.3 Å². The van der Waals surface area contributed by atoms with Crippen molar-refractivity contribution in [2.24, 2.45) is 0 Å². The zero-order valence-corrected chi connectivity index (χ0v) is 20.4. The second kappa shape index (κ2) is 11.6. The van der Waals surface area contributed by atoms with Crippen LogP contribution in [-0.2, 0) is 26.2 Å². The molecule has 0 aliphatic heterocycles. The number of para-hydroxylation sites is 1. The number of hydrogen-bond donors (Lipinski definition) is 1. The Kier molecular flexibility index (Phi) is 8.59. The summed E-state index contributed by atoms with van der Waals surface area (Å²) in [6, 6.07) is 20.9. The highest BCUT2D eigenvalue weighted by Gasteiger charge is 2.33. The molecular formula is C26H28FN3O4S. The van der Waals surface area contributed by atoms with Crippen molar-refractivity contribution in [3.8, 4) is 0 Å². The van der Waals surface area contributed by atoms with Crippen molar-refractivity contribution in [2.75, 3.05) is 17.9 Å². The number of benzene rings is 3. The van der Waals surface area contributed by atoms with Gasteiger partial charge in [-0.15, -0.1) is 0 Å². The lowest BCUT2D eigenvalue weighted by atomic mass is 10.1. The summed E-state index contributed by atoms with van der Waals surface area (Å²) in [4.78, 5) is 27.7. The highest BCUT2D eigenvalue weighted by atomic mass is 32.2. The van der Waals surface area contributed by atoms with E-state index in [2.05, 4.69) is 5.32 Å². The fourth-order valence-corrected chi connectivity index (χ4v) is 5.15. The fourth-order valence-electron chi connectivity index (χ4n) is 3.72. The van der Waals surface area contributed by atoms with Crippen molar-refractivity contribution >= 4 is 27.5 Å². The van der Waals surface area contributed by atoms with Crippen LogP contribution in [0.4, 0.5) is 10.1 Å². The van der Waals surface area contributed by atoms with Crippen molar-refractivity contribution in [2.45, 2.75) is 30.8 Å². The van der Waals surface area contributed by atoms with Crippen LogP contribution in [0.3, 0.4) is 0 Å². The molecule has 3 aromatic rings. The molecule has 1 N–H and O–H groups in total. The van der Waals surface area contributed by atoms with Crippen LogP contribution in [0.1, 0.15) is 18.9 Å². The van der Waals surface area contributed by atoms with E-state index in [-0.39, 0.29) is 17.3 Å². The summed E-state index contributed by atoms with van der Waals surface area (Å²) < 4.78 is 41.6. The third-order valence-corrected chi connectivity index (χ3v) is 7.34. The summed E-state index contributed by atoms with van der Waals surface area (Å²) in [7, 11) is -2.61. The van der Waals surface area contributed by atoms with E-state index in [0.717, 1.165) is 4.31 Å². The predicted octanol–water partition coefficient (Wildman–Crippen LogP) is 3.57. The van der Waals surface area contributed by atoms with Gasteiger partial charge in [-0.05, 0) is 48.4 Å². The van der Waals surface area contributed by atoms with Gasteiger partial charge in [0.25, 0.3) is 10.0 Å². The molecule has 0 saturated heterocycles. The lowest BCUT2D eigenvalue weighted by Crippen LogP contribution is -2.51. The van der Waals surface area contributed by atoms with E-state index in [4.69, 9.17) is 0 Å². The molecule has 0 bridgehead atoms. The number of halogens is 1. The van der Waals surface area contributed by atoms with Crippen LogP contribution >= 0.6 is 0 Å². The Bertz CT molecular complexity index is 1240. The monoisotopic (exact) mass is 497 g/mol. The van der Waals surface area contributed by atoms with E-state index in [9.17, 15) is 22.4 Å². The van der Waals surface area contributed by atoms with Crippen LogP contribution in [0.2, 0.25) is 0 Å². The molecule has 9 heteroatoms. The van der Waals surface area contributed by atoms with Crippen molar-refractivity contribution in [1.82, 2.24) is 10.2 Å². The highest BCUT2D eigenvalue weighted by Crippen LogP contribution is 2.24. The smallest absolute Gasteiger partial charge is 0.264 e. The predicted molar refractivity (Wildman–Crippen MR) is 133 cm³/mol. The Morgan fingerprint density at radius 3 is 2.03 bits per heavy atom. The number of rotatable bonds is 10. The SMILES string of the molecule is CC[C@@H](C(=O)NC)N(Cc1ccc(F)cc1)C(=O)CN(c1ccccc1)S(=O)(=O)c1ccccc1. The van der Waals surface area contributed by atoms with Gasteiger partial charge in [-0.25, -0.2) is 12.8 Å². The van der Waals surface area contributed by atoms with Gasteiger partial charge >= 0.3 is 0 Å².